The summed E-state index contributed by atoms with van der Waals surface area (Å²) in [5.74, 6) is -1.76. The van der Waals surface area contributed by atoms with E-state index in [-0.39, 0.29) is 33.9 Å². The summed E-state index contributed by atoms with van der Waals surface area (Å²) in [5.41, 5.74) is 6.31. The zero-order chi connectivity index (χ0) is 23.1. The van der Waals surface area contributed by atoms with Gasteiger partial charge in [-0.1, -0.05) is 36.2 Å². The van der Waals surface area contributed by atoms with Crippen LogP contribution in [0, 0.1) is 17.6 Å². The van der Waals surface area contributed by atoms with E-state index in [9.17, 15) is 13.6 Å². The molecule has 0 aromatic heterocycles. The molecule has 0 radical (unpaired) electrons. The van der Waals surface area contributed by atoms with Crippen molar-refractivity contribution in [3.8, 4) is 0 Å². The first-order valence-electron chi connectivity index (χ1n) is 9.74. The summed E-state index contributed by atoms with van der Waals surface area (Å²) in [6.07, 6.45) is 1.83. The van der Waals surface area contributed by atoms with Gasteiger partial charge >= 0.3 is 0 Å². The first kappa shape index (κ1) is 25.5. The molecule has 170 valence electrons. The van der Waals surface area contributed by atoms with E-state index in [0.717, 1.165) is 25.0 Å². The van der Waals surface area contributed by atoms with Gasteiger partial charge in [-0.3, -0.25) is 9.93 Å². The van der Waals surface area contributed by atoms with Crippen molar-refractivity contribution in [2.75, 3.05) is 30.7 Å². The number of nitrogens with one attached hydrogen (secondary N) is 1. The highest BCUT2D eigenvalue weighted by Gasteiger charge is 2.29. The number of hydrogen-bond acceptors (Lipinski definition) is 5. The molecule has 5 N–H and O–H groups in total. The lowest BCUT2D eigenvalue weighted by Crippen LogP contribution is -2.42. The second-order valence-electron chi connectivity index (χ2n) is 7.44. The average molecular weight is 491 g/mol. The molecule has 31 heavy (non-hydrogen) atoms. The average Bonchev–Trinajstić information content (AvgIpc) is 2.75. The van der Waals surface area contributed by atoms with Crippen LogP contribution < -0.4 is 16.2 Å². The van der Waals surface area contributed by atoms with Crippen LogP contribution in [0.4, 0.5) is 20.2 Å². The van der Waals surface area contributed by atoms with Gasteiger partial charge in [0.15, 0.2) is 0 Å². The number of halogens is 4. The molecular weight excluding hydrogens is 465 g/mol. The smallest absolute Gasteiger partial charge is 0.231 e. The maximum Gasteiger partial charge on any atom is 0.231 e. The van der Waals surface area contributed by atoms with E-state index in [2.05, 4.69) is 30.2 Å². The quantitative estimate of drug-likeness (QED) is 0.347. The number of hydrogen-bond donors (Lipinski definition) is 4. The third kappa shape index (κ3) is 6.38. The van der Waals surface area contributed by atoms with Gasteiger partial charge in [0.1, 0.15) is 17.3 Å². The molecule has 1 amide bonds. The van der Waals surface area contributed by atoms with Crippen molar-refractivity contribution in [1.82, 2.24) is 4.90 Å². The number of nitrogens with zero attached hydrogens (tertiary/aromatic N) is 1. The normalized spacial score (nSPS) is 15.1. The van der Waals surface area contributed by atoms with Crippen LogP contribution >= 0.6 is 36.0 Å². The second-order valence-corrected chi connectivity index (χ2v) is 8.25. The maximum absolute atomic E-state index is 14.0. The van der Waals surface area contributed by atoms with Gasteiger partial charge in [0.05, 0.1) is 21.7 Å². The molecule has 5 nitrogen and oxygen atoms in total. The molecule has 3 rings (SSSR count). The fraction of sp³-hybridized carbons (Fsp3) is 0.381. The van der Waals surface area contributed by atoms with Crippen LogP contribution in [0.3, 0.4) is 0 Å². The SMILES string of the molecule is CC1CCN(C(=O)C(CNc2c(F)cccc2F)c2cc(Cl)c(N)c(Cl)c2)CC1.NS. The summed E-state index contributed by atoms with van der Waals surface area (Å²) < 4.78 is 28.1. The molecule has 1 atom stereocenters. The predicted molar refractivity (Wildman–Crippen MR) is 127 cm³/mol. The van der Waals surface area contributed by atoms with Gasteiger partial charge in [-0.2, -0.15) is 0 Å². The number of thiol groups is 1. The van der Waals surface area contributed by atoms with Crippen LogP contribution in [-0.4, -0.2) is 30.4 Å². The largest absolute Gasteiger partial charge is 0.396 e. The second kappa shape index (κ2) is 11.8. The van der Waals surface area contributed by atoms with E-state index in [0.29, 0.717) is 24.6 Å². The third-order valence-electron chi connectivity index (χ3n) is 5.34. The molecule has 0 saturated carbocycles. The Kier molecular flexibility index (Phi) is 9.68. The lowest BCUT2D eigenvalue weighted by atomic mass is 9.93. The number of piperidine rings is 1. The van der Waals surface area contributed by atoms with Crippen molar-refractivity contribution in [3.63, 3.8) is 0 Å². The van der Waals surface area contributed by atoms with Crippen LogP contribution in [0.1, 0.15) is 31.2 Å². The Morgan fingerprint density at radius 1 is 1.19 bits per heavy atom. The zero-order valence-corrected chi connectivity index (χ0v) is 19.5. The lowest BCUT2D eigenvalue weighted by molar-refractivity contribution is -0.133. The maximum atomic E-state index is 14.0. The molecule has 2 aromatic rings. The van der Waals surface area contributed by atoms with Crippen LogP contribution in [0.5, 0.6) is 0 Å². The first-order valence-corrected chi connectivity index (χ1v) is 11.0. The van der Waals surface area contributed by atoms with E-state index in [1.807, 2.05) is 0 Å². The minimum absolute atomic E-state index is 0.0146. The van der Waals surface area contributed by atoms with Gasteiger partial charge in [-0.15, -0.1) is 12.8 Å². The highest BCUT2D eigenvalue weighted by molar-refractivity contribution is 7.77. The highest BCUT2D eigenvalue weighted by atomic mass is 35.5. The summed E-state index contributed by atoms with van der Waals surface area (Å²) in [7, 11) is 0. The number of anilines is 2. The van der Waals surface area contributed by atoms with E-state index in [4.69, 9.17) is 28.9 Å². The van der Waals surface area contributed by atoms with Gasteiger partial charge in [0.25, 0.3) is 0 Å². The Morgan fingerprint density at radius 2 is 1.71 bits per heavy atom. The van der Waals surface area contributed by atoms with Gasteiger partial charge < -0.3 is 16.0 Å². The fourth-order valence-corrected chi connectivity index (χ4v) is 3.98. The Balaban J connectivity index is 0.00000166. The number of para-hydroxylation sites is 1. The van der Waals surface area contributed by atoms with Gasteiger partial charge in [0.2, 0.25) is 5.91 Å². The van der Waals surface area contributed by atoms with E-state index in [1.54, 1.807) is 17.0 Å². The fourth-order valence-electron chi connectivity index (χ4n) is 3.47. The number of carbonyl (C=O) groups excluding carboxylic acids is 1. The minimum atomic E-state index is -0.726. The number of likely N-dealkylation sites (tertiary alicyclic amines) is 1. The molecule has 1 fully saturated rings. The van der Waals surface area contributed by atoms with Crippen LogP contribution in [-0.2, 0) is 4.79 Å². The number of nitrogen functional groups attached to an aromatic ring is 1. The standard InChI is InChI=1S/C21H23Cl2F2N3O.H3NS/c1-12-5-7-28(8-6-12)21(29)14(13-9-15(22)19(26)16(23)10-13)11-27-20-17(24)3-2-4-18(20)25;1-2/h2-4,9-10,12,14,27H,5-8,11,26H2,1H3;2H,1H2. The third-order valence-corrected chi connectivity index (χ3v) is 5.97. The zero-order valence-electron chi connectivity index (χ0n) is 17.0. The van der Waals surface area contributed by atoms with Crippen molar-refractivity contribution in [2.24, 2.45) is 11.1 Å². The summed E-state index contributed by atoms with van der Waals surface area (Å²) in [5, 5.41) is 7.40. The molecule has 10 heteroatoms. The summed E-state index contributed by atoms with van der Waals surface area (Å²) in [6, 6.07) is 6.76. The Bertz CT molecular complexity index is 868. The number of carbonyl (C=O) groups is 1. The Labute approximate surface area is 196 Å². The molecular formula is C21H26Cl2F2N4OS. The van der Waals surface area contributed by atoms with E-state index >= 15 is 0 Å². The molecule has 1 saturated heterocycles. The van der Waals surface area contributed by atoms with Crippen molar-refractivity contribution < 1.29 is 13.6 Å². The summed E-state index contributed by atoms with van der Waals surface area (Å²) in [6.45, 7) is 3.42. The molecule has 2 aromatic carbocycles. The molecule has 0 spiro atoms. The molecule has 1 heterocycles. The predicted octanol–water partition coefficient (Wildman–Crippen LogP) is 5.10. The molecule has 1 aliphatic rings. The topological polar surface area (TPSA) is 84.4 Å². The Morgan fingerprint density at radius 3 is 2.23 bits per heavy atom. The molecule has 0 bridgehead atoms. The molecule has 1 unspecified atom stereocenters. The first-order chi connectivity index (χ1) is 14.8. The van der Waals surface area contributed by atoms with Crippen molar-refractivity contribution in [1.29, 1.82) is 0 Å². The molecule has 1 aliphatic heterocycles. The monoisotopic (exact) mass is 490 g/mol. The molecule has 0 aliphatic carbocycles. The highest BCUT2D eigenvalue weighted by Crippen LogP contribution is 2.33. The number of benzene rings is 2. The van der Waals surface area contributed by atoms with Gasteiger partial charge in [-0.05, 0) is 48.6 Å². The van der Waals surface area contributed by atoms with Crippen molar-refractivity contribution >= 4 is 53.3 Å². The van der Waals surface area contributed by atoms with Crippen LogP contribution in [0.2, 0.25) is 10.0 Å². The van der Waals surface area contributed by atoms with E-state index in [1.165, 1.54) is 6.07 Å². The number of rotatable bonds is 5. The lowest BCUT2D eigenvalue weighted by Gasteiger charge is -2.33. The number of nitrogens with two attached hydrogens (primary N) is 2. The summed E-state index contributed by atoms with van der Waals surface area (Å²) >= 11 is 15.4. The Hall–Kier alpha value is -1.74. The van der Waals surface area contributed by atoms with Gasteiger partial charge in [-0.25, -0.2) is 8.78 Å². The van der Waals surface area contributed by atoms with Crippen molar-refractivity contribution in [3.05, 3.63) is 57.6 Å². The summed E-state index contributed by atoms with van der Waals surface area (Å²) in [4.78, 5) is 15.1. The number of amides is 1. The van der Waals surface area contributed by atoms with Crippen LogP contribution in [0.15, 0.2) is 30.3 Å². The van der Waals surface area contributed by atoms with Gasteiger partial charge in [0, 0.05) is 19.6 Å². The van der Waals surface area contributed by atoms with Crippen LogP contribution in [0.25, 0.3) is 0 Å². The van der Waals surface area contributed by atoms with Crippen molar-refractivity contribution in [2.45, 2.75) is 25.7 Å². The van der Waals surface area contributed by atoms with E-state index < -0.39 is 17.6 Å². The minimum Gasteiger partial charge on any atom is -0.396 e.